The van der Waals surface area contributed by atoms with Crippen LogP contribution in [-0.4, -0.2) is 49.3 Å². The Morgan fingerprint density at radius 1 is 1.11 bits per heavy atom. The largest absolute Gasteiger partial charge is 0.480 e. The van der Waals surface area contributed by atoms with Gasteiger partial charge in [0.25, 0.3) is 0 Å². The van der Waals surface area contributed by atoms with Gasteiger partial charge >= 0.3 is 5.97 Å². The number of rotatable bonds is 5. The summed E-state index contributed by atoms with van der Waals surface area (Å²) >= 11 is 5.84. The summed E-state index contributed by atoms with van der Waals surface area (Å²) < 4.78 is 31.5. The van der Waals surface area contributed by atoms with Gasteiger partial charge in [-0.05, 0) is 75.0 Å². The van der Waals surface area contributed by atoms with Crippen molar-refractivity contribution in [1.29, 1.82) is 0 Å². The van der Waals surface area contributed by atoms with Crippen LogP contribution in [0.3, 0.4) is 0 Å². The summed E-state index contributed by atoms with van der Waals surface area (Å²) in [6, 6.07) is 12.2. The summed E-state index contributed by atoms with van der Waals surface area (Å²) in [5, 5.41) is 9.18. The van der Waals surface area contributed by atoms with Gasteiger partial charge in [-0.2, -0.15) is 0 Å². The minimum absolute atomic E-state index is 0.0805. The second-order valence-electron chi connectivity index (χ2n) is 6.55. The molecule has 0 radical (unpaired) electrons. The topological polar surface area (TPSA) is 83.9 Å². The zero-order chi connectivity index (χ0) is 19.6. The van der Waals surface area contributed by atoms with Crippen molar-refractivity contribution in [2.45, 2.75) is 29.0 Å². The van der Waals surface area contributed by atoms with Crippen LogP contribution in [0.1, 0.15) is 12.8 Å². The van der Waals surface area contributed by atoms with E-state index in [1.54, 1.807) is 48.3 Å². The lowest BCUT2D eigenvalue weighted by Gasteiger charge is -2.34. The molecule has 1 saturated heterocycles. The van der Waals surface area contributed by atoms with Gasteiger partial charge in [0.05, 0.1) is 10.1 Å². The molecule has 6 nitrogen and oxygen atoms in total. The number of aliphatic carboxylic acids is 1. The van der Waals surface area contributed by atoms with E-state index < -0.39 is 27.1 Å². The molecule has 0 aliphatic carbocycles. The van der Waals surface area contributed by atoms with Crippen LogP contribution in [-0.2, 0) is 14.6 Å². The van der Waals surface area contributed by atoms with E-state index in [9.17, 15) is 18.3 Å². The fourth-order valence-electron chi connectivity index (χ4n) is 3.15. The molecule has 2 unspecified atom stereocenters. The van der Waals surface area contributed by atoms with Gasteiger partial charge in [0.2, 0.25) is 0 Å². The normalized spacial score (nSPS) is 21.0. The monoisotopic (exact) mass is 409 g/mol. The fraction of sp³-hybridized carbons (Fsp3) is 0.316. The van der Waals surface area contributed by atoms with Gasteiger partial charge in [0.1, 0.15) is 17.5 Å². The first-order valence-corrected chi connectivity index (χ1v) is 10.4. The van der Waals surface area contributed by atoms with Gasteiger partial charge in [-0.25, -0.2) is 8.42 Å². The van der Waals surface area contributed by atoms with Crippen LogP contribution in [0.25, 0.3) is 0 Å². The number of carboxylic acids is 1. The Morgan fingerprint density at radius 3 is 2.22 bits per heavy atom. The van der Waals surface area contributed by atoms with Crippen molar-refractivity contribution in [3.63, 3.8) is 0 Å². The molecule has 2 atom stereocenters. The Morgan fingerprint density at radius 2 is 1.67 bits per heavy atom. The number of benzene rings is 2. The SMILES string of the molecule is CN1CCC(S(=O)(=O)c2ccc(Oc3ccc(Cl)cc3)cc2)CC1C(=O)O. The molecule has 1 N–H and O–H groups in total. The van der Waals surface area contributed by atoms with E-state index in [2.05, 4.69) is 0 Å². The van der Waals surface area contributed by atoms with Gasteiger partial charge in [-0.1, -0.05) is 11.6 Å². The van der Waals surface area contributed by atoms with Crippen LogP contribution < -0.4 is 4.74 Å². The lowest BCUT2D eigenvalue weighted by Crippen LogP contribution is -2.48. The third-order valence-electron chi connectivity index (χ3n) is 4.75. The molecule has 0 spiro atoms. The van der Waals surface area contributed by atoms with E-state index in [-0.39, 0.29) is 11.3 Å². The number of piperidine rings is 1. The number of sulfone groups is 1. The number of likely N-dealkylation sites (tertiary alicyclic amines) is 1. The highest BCUT2D eigenvalue weighted by molar-refractivity contribution is 7.92. The maximum atomic E-state index is 12.9. The average Bonchev–Trinajstić information content (AvgIpc) is 2.64. The van der Waals surface area contributed by atoms with Crippen molar-refractivity contribution < 1.29 is 23.1 Å². The molecule has 0 saturated carbocycles. The molecule has 3 rings (SSSR count). The van der Waals surface area contributed by atoms with Crippen molar-refractivity contribution >= 4 is 27.4 Å². The van der Waals surface area contributed by atoms with Crippen molar-refractivity contribution in [3.8, 4) is 11.5 Å². The highest BCUT2D eigenvalue weighted by Gasteiger charge is 2.38. The number of ether oxygens (including phenoxy) is 1. The van der Waals surface area contributed by atoms with E-state index in [1.807, 2.05) is 0 Å². The zero-order valence-electron chi connectivity index (χ0n) is 14.7. The Balaban J connectivity index is 1.75. The lowest BCUT2D eigenvalue weighted by molar-refractivity contribution is -0.143. The van der Waals surface area contributed by atoms with Crippen LogP contribution in [0.15, 0.2) is 53.4 Å². The van der Waals surface area contributed by atoms with Crippen LogP contribution in [0.2, 0.25) is 5.02 Å². The second-order valence-corrected chi connectivity index (χ2v) is 9.22. The van der Waals surface area contributed by atoms with E-state index in [4.69, 9.17) is 16.3 Å². The van der Waals surface area contributed by atoms with Crippen molar-refractivity contribution in [1.82, 2.24) is 4.90 Å². The smallest absolute Gasteiger partial charge is 0.320 e. The number of likely N-dealkylation sites (N-methyl/N-ethyl adjacent to an activating group) is 1. The molecule has 8 heteroatoms. The third-order valence-corrected chi connectivity index (χ3v) is 7.23. The van der Waals surface area contributed by atoms with Gasteiger partial charge in [-0.3, -0.25) is 9.69 Å². The summed E-state index contributed by atoms with van der Waals surface area (Å²) in [6.07, 6.45) is 0.489. The van der Waals surface area contributed by atoms with Crippen LogP contribution in [0.4, 0.5) is 0 Å². The van der Waals surface area contributed by atoms with Crippen LogP contribution in [0.5, 0.6) is 11.5 Å². The summed E-state index contributed by atoms with van der Waals surface area (Å²) in [6.45, 7) is 0.429. The summed E-state index contributed by atoms with van der Waals surface area (Å²) in [7, 11) is -1.91. The second kappa shape index (κ2) is 7.88. The minimum atomic E-state index is -3.61. The Kier molecular flexibility index (Phi) is 5.74. The number of hydrogen-bond acceptors (Lipinski definition) is 5. The minimum Gasteiger partial charge on any atom is -0.480 e. The number of hydrogen-bond donors (Lipinski definition) is 1. The number of nitrogens with zero attached hydrogens (tertiary/aromatic N) is 1. The van der Waals surface area contributed by atoms with E-state index in [0.29, 0.717) is 29.5 Å². The van der Waals surface area contributed by atoms with Gasteiger partial charge in [0.15, 0.2) is 9.84 Å². The van der Waals surface area contributed by atoms with Crippen LogP contribution in [0, 0.1) is 0 Å². The molecule has 144 valence electrons. The maximum Gasteiger partial charge on any atom is 0.320 e. The highest BCUT2D eigenvalue weighted by Crippen LogP contribution is 2.29. The van der Waals surface area contributed by atoms with E-state index in [0.717, 1.165) is 0 Å². The number of carbonyl (C=O) groups is 1. The molecule has 2 aromatic carbocycles. The summed E-state index contributed by atoms with van der Waals surface area (Å²) in [4.78, 5) is 13.2. The molecule has 0 bridgehead atoms. The molecular formula is C19H20ClNO5S. The molecule has 27 heavy (non-hydrogen) atoms. The lowest BCUT2D eigenvalue weighted by atomic mass is 10.0. The first kappa shape index (κ1) is 19.7. The van der Waals surface area contributed by atoms with Gasteiger partial charge < -0.3 is 9.84 Å². The third kappa shape index (κ3) is 4.43. The molecular weight excluding hydrogens is 390 g/mol. The summed E-state index contributed by atoms with van der Waals surface area (Å²) in [5.74, 6) is 0.0989. The molecule has 0 amide bonds. The molecule has 1 aliphatic rings. The molecule has 1 fully saturated rings. The molecule has 1 heterocycles. The van der Waals surface area contributed by atoms with E-state index >= 15 is 0 Å². The average molecular weight is 410 g/mol. The number of halogens is 1. The van der Waals surface area contributed by atoms with Crippen molar-refractivity contribution in [3.05, 3.63) is 53.6 Å². The van der Waals surface area contributed by atoms with Crippen LogP contribution >= 0.6 is 11.6 Å². The predicted octanol–water partition coefficient (Wildman–Crippen LogP) is 3.45. The first-order valence-electron chi connectivity index (χ1n) is 8.48. The quantitative estimate of drug-likeness (QED) is 0.814. The molecule has 1 aliphatic heterocycles. The molecule has 0 aromatic heterocycles. The standard InChI is InChI=1S/C19H20ClNO5S/c1-21-11-10-17(12-18(21)19(22)23)27(24,25)16-8-6-15(7-9-16)26-14-4-2-13(20)3-5-14/h2-9,17-18H,10-12H2,1H3,(H,22,23). The van der Waals surface area contributed by atoms with Crippen molar-refractivity contribution in [2.24, 2.45) is 0 Å². The predicted molar refractivity (Wildman–Crippen MR) is 102 cm³/mol. The zero-order valence-corrected chi connectivity index (χ0v) is 16.3. The first-order chi connectivity index (χ1) is 12.8. The Labute approximate surface area is 163 Å². The number of carboxylic acid groups (broad SMARTS) is 1. The summed E-state index contributed by atoms with van der Waals surface area (Å²) in [5.41, 5.74) is 0. The van der Waals surface area contributed by atoms with Gasteiger partial charge in [0, 0.05) is 5.02 Å². The fourth-order valence-corrected chi connectivity index (χ4v) is 5.03. The highest BCUT2D eigenvalue weighted by atomic mass is 35.5. The molecule has 2 aromatic rings. The maximum absolute atomic E-state index is 12.9. The van der Waals surface area contributed by atoms with Gasteiger partial charge in [-0.15, -0.1) is 0 Å². The van der Waals surface area contributed by atoms with E-state index in [1.165, 1.54) is 12.1 Å². The van der Waals surface area contributed by atoms with Crippen molar-refractivity contribution in [2.75, 3.05) is 13.6 Å². The Hall–Kier alpha value is -2.09. The Bertz CT molecular complexity index is 912.